The quantitative estimate of drug-likeness (QED) is 0.583. The zero-order chi connectivity index (χ0) is 21.2. The molecule has 0 bridgehead atoms. The number of aliphatic hydroxyl groups is 1. The fourth-order valence-electron chi connectivity index (χ4n) is 3.05. The minimum absolute atomic E-state index is 0.00302. The van der Waals surface area contributed by atoms with E-state index >= 15 is 0 Å². The maximum atomic E-state index is 13.1. The molecule has 0 heterocycles. The van der Waals surface area contributed by atoms with Crippen molar-refractivity contribution < 1.29 is 14.7 Å². The first-order chi connectivity index (χ1) is 13.9. The highest BCUT2D eigenvalue weighted by Gasteiger charge is 2.31. The highest BCUT2D eigenvalue weighted by molar-refractivity contribution is 6.30. The highest BCUT2D eigenvalue weighted by atomic mass is 35.5. The molecule has 2 N–H and O–H groups in total. The van der Waals surface area contributed by atoms with Crippen LogP contribution in [0.5, 0.6) is 0 Å². The normalized spacial score (nSPS) is 11.9. The molecule has 2 aromatic rings. The van der Waals surface area contributed by atoms with Crippen molar-refractivity contribution in [1.82, 2.24) is 10.2 Å². The predicted molar refractivity (Wildman–Crippen MR) is 115 cm³/mol. The van der Waals surface area contributed by atoms with Crippen molar-refractivity contribution in [2.75, 3.05) is 13.2 Å². The molecule has 1 unspecified atom stereocenters. The first-order valence-corrected chi connectivity index (χ1v) is 10.3. The lowest BCUT2D eigenvalue weighted by atomic mass is 10.0. The van der Waals surface area contributed by atoms with Gasteiger partial charge in [-0.1, -0.05) is 67.9 Å². The van der Waals surface area contributed by atoms with Gasteiger partial charge in [-0.05, 0) is 29.7 Å². The van der Waals surface area contributed by atoms with Gasteiger partial charge in [0.1, 0.15) is 6.04 Å². The van der Waals surface area contributed by atoms with Gasteiger partial charge in [-0.15, -0.1) is 0 Å². The van der Waals surface area contributed by atoms with E-state index in [0.29, 0.717) is 31.0 Å². The molecule has 0 saturated carbocycles. The Morgan fingerprint density at radius 3 is 2.28 bits per heavy atom. The lowest BCUT2D eigenvalue weighted by Crippen LogP contribution is -2.51. The van der Waals surface area contributed by atoms with Gasteiger partial charge in [0.15, 0.2) is 0 Å². The third-order valence-corrected chi connectivity index (χ3v) is 4.88. The molecule has 2 aromatic carbocycles. The summed E-state index contributed by atoms with van der Waals surface area (Å²) >= 11 is 5.99. The summed E-state index contributed by atoms with van der Waals surface area (Å²) < 4.78 is 0. The second kappa shape index (κ2) is 11.6. The summed E-state index contributed by atoms with van der Waals surface area (Å²) in [5.41, 5.74) is 1.89. The van der Waals surface area contributed by atoms with Gasteiger partial charge >= 0.3 is 0 Å². The molecular weight excluding hydrogens is 388 g/mol. The summed E-state index contributed by atoms with van der Waals surface area (Å²) in [6, 6.07) is 16.3. The van der Waals surface area contributed by atoms with Crippen molar-refractivity contribution in [2.24, 2.45) is 5.92 Å². The molecule has 6 heteroatoms. The van der Waals surface area contributed by atoms with Gasteiger partial charge in [0.25, 0.3) is 0 Å². The van der Waals surface area contributed by atoms with Crippen LogP contribution in [0.4, 0.5) is 0 Å². The second-order valence-electron chi connectivity index (χ2n) is 7.32. The Morgan fingerprint density at radius 1 is 1.03 bits per heavy atom. The number of carbonyl (C=O) groups excluding carboxylic acids is 2. The summed E-state index contributed by atoms with van der Waals surface area (Å²) in [5, 5.41) is 12.5. The van der Waals surface area contributed by atoms with Crippen molar-refractivity contribution >= 4 is 23.4 Å². The number of benzene rings is 2. The number of carbonyl (C=O) groups is 2. The van der Waals surface area contributed by atoms with Crippen molar-refractivity contribution in [1.29, 1.82) is 0 Å². The Bertz CT molecular complexity index is 778. The molecule has 0 aliphatic carbocycles. The van der Waals surface area contributed by atoms with Gasteiger partial charge in [-0.3, -0.25) is 9.59 Å². The van der Waals surface area contributed by atoms with Crippen molar-refractivity contribution in [3.05, 3.63) is 70.7 Å². The molecule has 0 spiro atoms. The summed E-state index contributed by atoms with van der Waals surface area (Å²) in [6.07, 6.45) is 0.886. The lowest BCUT2D eigenvalue weighted by molar-refractivity contribution is -0.143. The second-order valence-corrected chi connectivity index (χ2v) is 7.76. The largest absolute Gasteiger partial charge is 0.396 e. The number of halogens is 1. The van der Waals surface area contributed by atoms with E-state index < -0.39 is 6.04 Å². The minimum atomic E-state index is -0.651. The maximum absolute atomic E-state index is 13.1. The van der Waals surface area contributed by atoms with E-state index in [9.17, 15) is 9.59 Å². The van der Waals surface area contributed by atoms with Crippen LogP contribution in [-0.4, -0.2) is 41.0 Å². The molecule has 0 aromatic heterocycles. The van der Waals surface area contributed by atoms with Crippen molar-refractivity contribution in [3.8, 4) is 0 Å². The van der Waals surface area contributed by atoms with Crippen LogP contribution in [0, 0.1) is 5.92 Å². The van der Waals surface area contributed by atoms with E-state index in [1.807, 2.05) is 56.3 Å². The van der Waals surface area contributed by atoms with Crippen molar-refractivity contribution in [2.45, 2.75) is 39.3 Å². The molecule has 1 atom stereocenters. The van der Waals surface area contributed by atoms with E-state index in [4.69, 9.17) is 16.7 Å². The standard InChI is InChI=1S/C23H29ClN2O3/c1-17(2)23(29)26(16-19-9-11-20(24)12-10-19)21(22(28)25-13-6-14-27)15-18-7-4-3-5-8-18/h3-5,7-12,17,21,27H,6,13-16H2,1-2H3,(H,25,28). The molecule has 156 valence electrons. The van der Waals surface area contributed by atoms with E-state index in [0.717, 1.165) is 11.1 Å². The monoisotopic (exact) mass is 416 g/mol. The van der Waals surface area contributed by atoms with Crippen LogP contribution in [0.3, 0.4) is 0 Å². The number of hydrogen-bond acceptors (Lipinski definition) is 3. The van der Waals surface area contributed by atoms with Crippen LogP contribution >= 0.6 is 11.6 Å². The summed E-state index contributed by atoms with van der Waals surface area (Å²) in [4.78, 5) is 27.7. The minimum Gasteiger partial charge on any atom is -0.396 e. The van der Waals surface area contributed by atoms with Crippen molar-refractivity contribution in [3.63, 3.8) is 0 Å². The average molecular weight is 417 g/mol. The summed E-state index contributed by atoms with van der Waals surface area (Å²) in [7, 11) is 0. The summed E-state index contributed by atoms with van der Waals surface area (Å²) in [6.45, 7) is 4.36. The predicted octanol–water partition coefficient (Wildman–Crippen LogP) is 3.43. The molecule has 2 amide bonds. The van der Waals surface area contributed by atoms with Gasteiger partial charge in [-0.2, -0.15) is 0 Å². The Labute approximate surface area is 177 Å². The SMILES string of the molecule is CC(C)C(=O)N(Cc1ccc(Cl)cc1)C(Cc1ccccc1)C(=O)NCCCO. The average Bonchev–Trinajstić information content (AvgIpc) is 2.72. The first kappa shape index (κ1) is 22.9. The smallest absolute Gasteiger partial charge is 0.243 e. The van der Waals surface area contributed by atoms with Gasteiger partial charge < -0.3 is 15.3 Å². The van der Waals surface area contributed by atoms with Gasteiger partial charge in [0.05, 0.1) is 0 Å². The molecule has 0 radical (unpaired) electrons. The Kier molecular flexibility index (Phi) is 9.16. The number of nitrogens with one attached hydrogen (secondary N) is 1. The van der Waals surface area contributed by atoms with Crippen LogP contribution in [0.15, 0.2) is 54.6 Å². The van der Waals surface area contributed by atoms with Gasteiger partial charge in [-0.25, -0.2) is 0 Å². The maximum Gasteiger partial charge on any atom is 0.243 e. The molecule has 0 aliphatic rings. The molecule has 0 aliphatic heterocycles. The lowest BCUT2D eigenvalue weighted by Gasteiger charge is -2.32. The van der Waals surface area contributed by atoms with E-state index in [1.165, 1.54) is 0 Å². The number of rotatable bonds is 10. The van der Waals surface area contributed by atoms with Crippen LogP contribution in [-0.2, 0) is 22.6 Å². The van der Waals surface area contributed by atoms with Crippen LogP contribution in [0.2, 0.25) is 5.02 Å². The van der Waals surface area contributed by atoms with E-state index in [2.05, 4.69) is 5.32 Å². The third-order valence-electron chi connectivity index (χ3n) is 4.63. The molecular formula is C23H29ClN2O3. The topological polar surface area (TPSA) is 69.6 Å². The summed E-state index contributed by atoms with van der Waals surface area (Å²) in [5.74, 6) is -0.547. The molecule has 0 saturated heterocycles. The zero-order valence-corrected chi connectivity index (χ0v) is 17.7. The molecule has 5 nitrogen and oxygen atoms in total. The number of amides is 2. The van der Waals surface area contributed by atoms with Gasteiger partial charge in [0, 0.05) is 37.1 Å². The van der Waals surface area contributed by atoms with Gasteiger partial charge in [0.2, 0.25) is 11.8 Å². The van der Waals surface area contributed by atoms with E-state index in [-0.39, 0.29) is 24.3 Å². The van der Waals surface area contributed by atoms with Crippen LogP contribution in [0.25, 0.3) is 0 Å². The highest BCUT2D eigenvalue weighted by Crippen LogP contribution is 2.18. The Balaban J connectivity index is 2.33. The van der Waals surface area contributed by atoms with E-state index in [1.54, 1.807) is 17.0 Å². The molecule has 29 heavy (non-hydrogen) atoms. The fourth-order valence-corrected chi connectivity index (χ4v) is 3.18. The third kappa shape index (κ3) is 7.18. The van der Waals surface area contributed by atoms with Crippen LogP contribution in [0.1, 0.15) is 31.4 Å². The molecule has 2 rings (SSSR count). The Morgan fingerprint density at radius 2 is 1.69 bits per heavy atom. The number of hydrogen-bond donors (Lipinski definition) is 2. The number of aliphatic hydroxyl groups excluding tert-OH is 1. The number of nitrogens with zero attached hydrogens (tertiary/aromatic N) is 1. The fraction of sp³-hybridized carbons (Fsp3) is 0.391. The van der Waals surface area contributed by atoms with Crippen LogP contribution < -0.4 is 5.32 Å². The first-order valence-electron chi connectivity index (χ1n) is 9.89. The molecule has 0 fully saturated rings. The Hall–Kier alpha value is -2.37. The zero-order valence-electron chi connectivity index (χ0n) is 17.0.